The van der Waals surface area contributed by atoms with Gasteiger partial charge in [0, 0.05) is 36.0 Å². The number of hydrogen-bond donors (Lipinski definition) is 1. The molecule has 13 heteroatoms. The number of esters is 2. The minimum atomic E-state index is -4.23. The summed E-state index contributed by atoms with van der Waals surface area (Å²) in [5.74, 6) is -5.29. The lowest BCUT2D eigenvalue weighted by Crippen LogP contribution is -2.45. The summed E-state index contributed by atoms with van der Waals surface area (Å²) in [6, 6.07) is 10.7. The third-order valence-corrected chi connectivity index (χ3v) is 12.7. The van der Waals surface area contributed by atoms with Gasteiger partial charge in [-0.05, 0) is 105 Å². The molecule has 0 spiro atoms. The monoisotopic (exact) mass is 716 g/mol. The van der Waals surface area contributed by atoms with Gasteiger partial charge in [-0.15, -0.1) is 0 Å². The van der Waals surface area contributed by atoms with Crippen LogP contribution in [-0.2, 0) is 46.9 Å². The molecule has 2 aromatic rings. The fourth-order valence-corrected chi connectivity index (χ4v) is 8.79. The van der Waals surface area contributed by atoms with E-state index in [1.807, 2.05) is 18.2 Å². The van der Waals surface area contributed by atoms with Crippen LogP contribution in [0.2, 0.25) is 5.02 Å². The van der Waals surface area contributed by atoms with E-state index in [4.69, 9.17) is 25.8 Å². The van der Waals surface area contributed by atoms with Crippen LogP contribution in [0.15, 0.2) is 36.4 Å². The van der Waals surface area contributed by atoms with Gasteiger partial charge in [0.05, 0.1) is 25.2 Å². The van der Waals surface area contributed by atoms with Crippen molar-refractivity contribution in [2.24, 2.45) is 29.6 Å². The number of anilines is 1. The number of fused-ring (bicyclic) bond motifs is 3. The van der Waals surface area contributed by atoms with E-state index < -0.39 is 50.9 Å². The number of Topliss-reactive ketones (excluding diaryl/α,β-unsaturated/α-hetero) is 1. The van der Waals surface area contributed by atoms with E-state index in [1.54, 1.807) is 25.1 Å². The summed E-state index contributed by atoms with van der Waals surface area (Å²) >= 11 is 6.31. The Balaban J connectivity index is 1.55. The number of nitrogens with one attached hydrogen (secondary N) is 1. The Kier molecular flexibility index (Phi) is 11.6. The topological polar surface area (TPSA) is 145 Å². The quantitative estimate of drug-likeness (QED) is 0.336. The Labute approximate surface area is 293 Å². The standard InChI is InChI=1S/C36H45ClN2O9S/c1-21-15-27(33(35(42)46-3)36(43)47-4)18-31(40)29-12-9-25(29)19-39-14-6-5-7-23-16-28(37)11-8-26(23)20-48-32-13-10-24(17-30(32)39)34(41)38-49(44,45)22(21)2/h8,10-11,13,16-17,21-22,25,27,29,33H,5-7,9,12,14-15,18-20H2,1-4H3,(H,38,41)/t21-,22+,25-,27+,29+/m0/s1. The van der Waals surface area contributed by atoms with Gasteiger partial charge in [-0.2, -0.15) is 0 Å². The summed E-state index contributed by atoms with van der Waals surface area (Å²) in [6.45, 7) is 4.51. The lowest BCUT2D eigenvalue weighted by Gasteiger charge is -2.41. The number of ether oxygens (including phenoxy) is 3. The average Bonchev–Trinajstić information content (AvgIpc) is 3.08. The van der Waals surface area contributed by atoms with Crippen molar-refractivity contribution in [3.05, 3.63) is 58.1 Å². The first-order valence-electron chi connectivity index (χ1n) is 16.9. The molecule has 5 atom stereocenters. The molecule has 2 aliphatic heterocycles. The summed E-state index contributed by atoms with van der Waals surface area (Å²) in [5.41, 5.74) is 2.91. The second-order valence-corrected chi connectivity index (χ2v) is 16.1. The molecule has 1 amide bonds. The fourth-order valence-electron chi connectivity index (χ4n) is 7.31. The zero-order chi connectivity index (χ0) is 35.5. The van der Waals surface area contributed by atoms with Crippen LogP contribution in [0.5, 0.6) is 5.75 Å². The first-order chi connectivity index (χ1) is 23.3. The van der Waals surface area contributed by atoms with Crippen LogP contribution in [0.25, 0.3) is 0 Å². The lowest BCUT2D eigenvalue weighted by molar-refractivity contribution is -0.162. The Bertz CT molecular complexity index is 1680. The summed E-state index contributed by atoms with van der Waals surface area (Å²) in [7, 11) is -1.93. The lowest BCUT2D eigenvalue weighted by atomic mass is 9.68. The third-order valence-electron chi connectivity index (χ3n) is 10.6. The maximum atomic E-state index is 14.0. The predicted molar refractivity (Wildman–Crippen MR) is 184 cm³/mol. The normalized spacial score (nSPS) is 26.1. The van der Waals surface area contributed by atoms with Gasteiger partial charge in [0.25, 0.3) is 5.91 Å². The number of rotatable bonds is 3. The van der Waals surface area contributed by atoms with Crippen molar-refractivity contribution < 1.29 is 41.8 Å². The van der Waals surface area contributed by atoms with E-state index in [9.17, 15) is 27.6 Å². The molecule has 5 rings (SSSR count). The first kappa shape index (κ1) is 36.6. The highest BCUT2D eigenvalue weighted by atomic mass is 35.5. The molecule has 0 saturated heterocycles. The van der Waals surface area contributed by atoms with Crippen LogP contribution in [-0.4, -0.2) is 64.6 Å². The Hall–Kier alpha value is -3.64. The van der Waals surface area contributed by atoms with E-state index in [-0.39, 0.29) is 42.6 Å². The number of aryl methyl sites for hydroxylation is 1. The van der Waals surface area contributed by atoms with Crippen molar-refractivity contribution in [1.82, 2.24) is 4.72 Å². The largest absolute Gasteiger partial charge is 0.487 e. The third kappa shape index (κ3) is 8.23. The number of sulfonamides is 1. The Morgan fingerprint density at radius 1 is 1.00 bits per heavy atom. The van der Waals surface area contributed by atoms with Crippen molar-refractivity contribution in [3.8, 4) is 5.75 Å². The molecule has 1 aliphatic carbocycles. The van der Waals surface area contributed by atoms with Gasteiger partial charge >= 0.3 is 11.9 Å². The van der Waals surface area contributed by atoms with Crippen molar-refractivity contribution in [3.63, 3.8) is 0 Å². The molecule has 1 N–H and O–H groups in total. The Morgan fingerprint density at radius 2 is 1.73 bits per heavy atom. The number of hydrogen-bond acceptors (Lipinski definition) is 10. The second kappa shape index (κ2) is 15.5. The molecule has 2 aromatic carbocycles. The molecule has 2 bridgehead atoms. The summed E-state index contributed by atoms with van der Waals surface area (Å²) in [6.07, 6.45) is 3.85. The van der Waals surface area contributed by atoms with Crippen molar-refractivity contribution in [2.45, 2.75) is 70.7 Å². The second-order valence-electron chi connectivity index (χ2n) is 13.6. The zero-order valence-electron chi connectivity index (χ0n) is 28.4. The van der Waals surface area contributed by atoms with E-state index in [0.717, 1.165) is 51.0 Å². The molecule has 49 heavy (non-hydrogen) atoms. The molecule has 1 fully saturated rings. The van der Waals surface area contributed by atoms with Crippen molar-refractivity contribution >= 4 is 50.9 Å². The van der Waals surface area contributed by atoms with Crippen LogP contribution >= 0.6 is 11.6 Å². The number of benzene rings is 2. The first-order valence-corrected chi connectivity index (χ1v) is 18.8. The predicted octanol–water partition coefficient (Wildman–Crippen LogP) is 5.11. The maximum Gasteiger partial charge on any atom is 0.320 e. The number of carbonyl (C=O) groups excluding carboxylic acids is 4. The van der Waals surface area contributed by atoms with Crippen LogP contribution in [0.1, 0.15) is 73.9 Å². The smallest absolute Gasteiger partial charge is 0.320 e. The summed E-state index contributed by atoms with van der Waals surface area (Å²) < 4.78 is 45.6. The van der Waals surface area contributed by atoms with Gasteiger partial charge in [0.2, 0.25) is 10.0 Å². The van der Waals surface area contributed by atoms with Gasteiger partial charge in [0.15, 0.2) is 5.92 Å². The highest BCUT2D eigenvalue weighted by Crippen LogP contribution is 2.42. The van der Waals surface area contributed by atoms with Crippen LogP contribution in [0, 0.1) is 29.6 Å². The number of amides is 1. The maximum absolute atomic E-state index is 14.0. The number of ketones is 1. The van der Waals surface area contributed by atoms with Gasteiger partial charge in [0.1, 0.15) is 18.1 Å². The molecule has 3 aliphatic rings. The summed E-state index contributed by atoms with van der Waals surface area (Å²) in [5, 5.41) is -0.454. The van der Waals surface area contributed by atoms with E-state index in [1.165, 1.54) is 6.92 Å². The minimum Gasteiger partial charge on any atom is -0.487 e. The molecular weight excluding hydrogens is 672 g/mol. The number of methoxy groups -OCH3 is 2. The van der Waals surface area contributed by atoms with Gasteiger partial charge in [-0.1, -0.05) is 24.6 Å². The van der Waals surface area contributed by atoms with Crippen molar-refractivity contribution in [2.75, 3.05) is 32.2 Å². The van der Waals surface area contributed by atoms with Crippen molar-refractivity contribution in [1.29, 1.82) is 0 Å². The fraction of sp³-hybridized carbons (Fsp3) is 0.556. The van der Waals surface area contributed by atoms with Gasteiger partial charge in [-0.25, -0.2) is 13.1 Å². The molecular formula is C36H45ClN2O9S. The highest BCUT2D eigenvalue weighted by Gasteiger charge is 2.44. The number of carbonyl (C=O) groups is 4. The Morgan fingerprint density at radius 3 is 2.41 bits per heavy atom. The van der Waals surface area contributed by atoms with E-state index >= 15 is 0 Å². The van der Waals surface area contributed by atoms with E-state index in [2.05, 4.69) is 9.62 Å². The van der Waals surface area contributed by atoms with Gasteiger partial charge in [-0.3, -0.25) is 19.2 Å². The van der Waals surface area contributed by atoms with Gasteiger partial charge < -0.3 is 19.1 Å². The molecule has 0 aromatic heterocycles. The molecule has 0 unspecified atom stereocenters. The van der Waals surface area contributed by atoms with Crippen LogP contribution in [0.4, 0.5) is 5.69 Å². The molecule has 266 valence electrons. The van der Waals surface area contributed by atoms with Crippen LogP contribution < -0.4 is 14.4 Å². The number of nitrogens with zero attached hydrogens (tertiary/aromatic N) is 1. The summed E-state index contributed by atoms with van der Waals surface area (Å²) in [4.78, 5) is 55.5. The van der Waals surface area contributed by atoms with E-state index in [0.29, 0.717) is 36.0 Å². The molecule has 1 saturated carbocycles. The molecule has 2 heterocycles. The number of halogens is 1. The molecule has 11 nitrogen and oxygen atoms in total. The van der Waals surface area contributed by atoms with Crippen LogP contribution in [0.3, 0.4) is 0 Å². The molecule has 0 radical (unpaired) electrons. The minimum absolute atomic E-state index is 0.0149. The SMILES string of the molecule is COC(=O)C(C(=O)OC)[C@H]1CC(=O)[C@@H]2CC[C@H]2CN2CCCCc3cc(Cl)ccc3COc3ccc(cc32)C(=O)NS(=O)(=O)[C@H](C)[C@@H](C)C1. The average molecular weight is 717 g/mol. The zero-order valence-corrected chi connectivity index (χ0v) is 30.0. The highest BCUT2D eigenvalue weighted by molar-refractivity contribution is 7.90.